The van der Waals surface area contributed by atoms with Gasteiger partial charge in [-0.25, -0.2) is 9.97 Å². The van der Waals surface area contributed by atoms with E-state index < -0.39 is 6.23 Å². The van der Waals surface area contributed by atoms with E-state index in [9.17, 15) is 9.59 Å². The molecule has 2 atom stereocenters. The molecule has 0 spiro atoms. The van der Waals surface area contributed by atoms with Crippen molar-refractivity contribution < 1.29 is 14.3 Å². The third kappa shape index (κ3) is 2.21. The fourth-order valence-corrected chi connectivity index (χ4v) is 1.99. The molecule has 0 saturated carbocycles. The first kappa shape index (κ1) is 12.5. The molecule has 8 heteroatoms. The number of rotatable bonds is 3. The minimum Gasteiger partial charge on any atom is -0.463 e. The summed E-state index contributed by atoms with van der Waals surface area (Å²) in [5.41, 5.74) is 0.400. The second kappa shape index (κ2) is 4.89. The Hall–Kier alpha value is -2.48. The standard InChI is InChI=1S/C12H12N4O4/c1-7(17)19-4-8-2-3-9(20-8)16-6-15-10-11(16)13-5-14-12(10)18/h2-3,5-6,8-9H,4H2,1H3,(H,13,14,18)/t8-,9+/m1/s1. The largest absolute Gasteiger partial charge is 0.463 e. The fraction of sp³-hybridized carbons (Fsp3) is 0.333. The van der Waals surface area contributed by atoms with Crippen LogP contribution < -0.4 is 5.56 Å². The summed E-state index contributed by atoms with van der Waals surface area (Å²) in [4.78, 5) is 32.9. The molecule has 1 aliphatic heterocycles. The molecule has 0 fully saturated rings. The molecule has 0 aliphatic carbocycles. The van der Waals surface area contributed by atoms with Crippen molar-refractivity contribution in [2.45, 2.75) is 19.3 Å². The van der Waals surface area contributed by atoms with Gasteiger partial charge in [-0.2, -0.15) is 0 Å². The molecule has 0 aromatic carbocycles. The number of nitrogens with zero attached hydrogens (tertiary/aromatic N) is 3. The predicted molar refractivity (Wildman–Crippen MR) is 67.8 cm³/mol. The topological polar surface area (TPSA) is 99.1 Å². The number of aromatic amines is 1. The summed E-state index contributed by atoms with van der Waals surface area (Å²) in [6, 6.07) is 0. The Kier molecular flexibility index (Phi) is 3.07. The van der Waals surface area contributed by atoms with Crippen LogP contribution in [0.4, 0.5) is 0 Å². The quantitative estimate of drug-likeness (QED) is 0.632. The van der Waals surface area contributed by atoms with E-state index in [1.165, 1.54) is 19.6 Å². The number of carbonyl (C=O) groups excluding carboxylic acids is 1. The zero-order valence-electron chi connectivity index (χ0n) is 10.6. The lowest BCUT2D eigenvalue weighted by Crippen LogP contribution is -2.19. The second-order valence-corrected chi connectivity index (χ2v) is 4.31. The van der Waals surface area contributed by atoms with Gasteiger partial charge in [0, 0.05) is 6.92 Å². The molecule has 8 nitrogen and oxygen atoms in total. The SMILES string of the molecule is CC(=O)OC[C@H]1C=C[C@@H](n2cnc3c(=O)[nH]cnc32)O1. The Morgan fingerprint density at radius 1 is 1.50 bits per heavy atom. The summed E-state index contributed by atoms with van der Waals surface area (Å²) in [7, 11) is 0. The molecule has 0 radical (unpaired) electrons. The zero-order chi connectivity index (χ0) is 14.1. The van der Waals surface area contributed by atoms with E-state index in [4.69, 9.17) is 9.47 Å². The Morgan fingerprint density at radius 2 is 2.35 bits per heavy atom. The maximum absolute atomic E-state index is 11.6. The van der Waals surface area contributed by atoms with Crippen molar-refractivity contribution in [1.82, 2.24) is 19.5 Å². The molecular weight excluding hydrogens is 264 g/mol. The Labute approximate surface area is 113 Å². The highest BCUT2D eigenvalue weighted by Gasteiger charge is 2.23. The second-order valence-electron chi connectivity index (χ2n) is 4.31. The van der Waals surface area contributed by atoms with Gasteiger partial charge in [0.15, 0.2) is 17.4 Å². The van der Waals surface area contributed by atoms with E-state index in [-0.39, 0.29) is 29.8 Å². The number of hydrogen-bond donors (Lipinski definition) is 1. The maximum Gasteiger partial charge on any atom is 0.302 e. The molecule has 104 valence electrons. The van der Waals surface area contributed by atoms with Crippen molar-refractivity contribution in [2.24, 2.45) is 0 Å². The van der Waals surface area contributed by atoms with Crippen LogP contribution >= 0.6 is 0 Å². The van der Waals surface area contributed by atoms with Crippen molar-refractivity contribution in [1.29, 1.82) is 0 Å². The molecule has 3 heterocycles. The van der Waals surface area contributed by atoms with E-state index >= 15 is 0 Å². The number of ether oxygens (including phenoxy) is 2. The summed E-state index contributed by atoms with van der Waals surface area (Å²) >= 11 is 0. The monoisotopic (exact) mass is 276 g/mol. The van der Waals surface area contributed by atoms with Gasteiger partial charge in [-0.3, -0.25) is 14.2 Å². The number of imidazole rings is 1. The highest BCUT2D eigenvalue weighted by molar-refractivity contribution is 5.69. The first-order chi connectivity index (χ1) is 9.65. The first-order valence-corrected chi connectivity index (χ1v) is 6.02. The number of aromatic nitrogens is 4. The van der Waals surface area contributed by atoms with Crippen LogP contribution in [-0.2, 0) is 14.3 Å². The van der Waals surface area contributed by atoms with Crippen LogP contribution in [0.15, 0.2) is 29.6 Å². The Bertz CT molecular complexity index is 732. The Morgan fingerprint density at radius 3 is 3.15 bits per heavy atom. The molecule has 3 rings (SSSR count). The lowest BCUT2D eigenvalue weighted by molar-refractivity contribution is -0.144. The lowest BCUT2D eigenvalue weighted by Gasteiger charge is -2.15. The van der Waals surface area contributed by atoms with Crippen molar-refractivity contribution in [3.05, 3.63) is 35.2 Å². The van der Waals surface area contributed by atoms with Crippen molar-refractivity contribution >= 4 is 17.1 Å². The average Bonchev–Trinajstić information content (AvgIpc) is 3.02. The van der Waals surface area contributed by atoms with Crippen LogP contribution in [0.1, 0.15) is 13.2 Å². The van der Waals surface area contributed by atoms with Gasteiger partial charge in [-0.05, 0) is 6.08 Å². The van der Waals surface area contributed by atoms with Crippen LogP contribution in [0.25, 0.3) is 11.2 Å². The maximum atomic E-state index is 11.6. The zero-order valence-corrected chi connectivity index (χ0v) is 10.6. The van der Waals surface area contributed by atoms with Gasteiger partial charge in [0.2, 0.25) is 0 Å². The molecule has 2 aromatic heterocycles. The molecule has 2 aromatic rings. The minimum absolute atomic E-state index is 0.156. The average molecular weight is 276 g/mol. The molecular formula is C12H12N4O4. The van der Waals surface area contributed by atoms with E-state index in [0.29, 0.717) is 5.65 Å². The molecule has 20 heavy (non-hydrogen) atoms. The van der Waals surface area contributed by atoms with Gasteiger partial charge in [-0.15, -0.1) is 0 Å². The Balaban J connectivity index is 1.80. The van der Waals surface area contributed by atoms with Crippen molar-refractivity contribution in [3.63, 3.8) is 0 Å². The third-order valence-electron chi connectivity index (χ3n) is 2.89. The summed E-state index contributed by atoms with van der Waals surface area (Å²) in [5, 5.41) is 0. The first-order valence-electron chi connectivity index (χ1n) is 6.02. The summed E-state index contributed by atoms with van der Waals surface area (Å²) in [6.45, 7) is 1.50. The lowest BCUT2D eigenvalue weighted by atomic mass is 10.4. The predicted octanol–water partition coefficient (Wildman–Crippen LogP) is 0.136. The van der Waals surface area contributed by atoms with Gasteiger partial charge < -0.3 is 14.5 Å². The summed E-state index contributed by atoms with van der Waals surface area (Å²) in [5.74, 6) is -0.355. The normalized spacial score (nSPS) is 21.4. The van der Waals surface area contributed by atoms with Gasteiger partial charge in [0.1, 0.15) is 12.7 Å². The van der Waals surface area contributed by atoms with Gasteiger partial charge >= 0.3 is 5.97 Å². The number of esters is 1. The highest BCUT2D eigenvalue weighted by Crippen LogP contribution is 2.23. The van der Waals surface area contributed by atoms with Crippen LogP contribution in [-0.4, -0.2) is 38.2 Å². The molecule has 0 bridgehead atoms. The van der Waals surface area contributed by atoms with Crippen LogP contribution in [0.3, 0.4) is 0 Å². The number of nitrogens with one attached hydrogen (secondary N) is 1. The van der Waals surface area contributed by atoms with E-state index in [1.54, 1.807) is 16.7 Å². The smallest absolute Gasteiger partial charge is 0.302 e. The molecule has 1 aliphatic rings. The molecule has 0 unspecified atom stereocenters. The van der Waals surface area contributed by atoms with E-state index in [1.807, 2.05) is 0 Å². The van der Waals surface area contributed by atoms with Crippen LogP contribution in [0, 0.1) is 0 Å². The van der Waals surface area contributed by atoms with Crippen LogP contribution in [0.5, 0.6) is 0 Å². The summed E-state index contributed by atoms with van der Waals surface area (Å²) in [6.07, 6.45) is 5.68. The number of H-pyrrole nitrogens is 1. The third-order valence-corrected chi connectivity index (χ3v) is 2.89. The highest BCUT2D eigenvalue weighted by atomic mass is 16.6. The van der Waals surface area contributed by atoms with Gasteiger partial charge in [0.05, 0.1) is 12.7 Å². The minimum atomic E-state index is -0.421. The molecule has 0 amide bonds. The van der Waals surface area contributed by atoms with E-state index in [2.05, 4.69) is 15.0 Å². The van der Waals surface area contributed by atoms with Crippen molar-refractivity contribution in [3.8, 4) is 0 Å². The number of fused-ring (bicyclic) bond motifs is 1. The van der Waals surface area contributed by atoms with Crippen LogP contribution in [0.2, 0.25) is 0 Å². The van der Waals surface area contributed by atoms with Gasteiger partial charge in [0.25, 0.3) is 5.56 Å². The number of carbonyl (C=O) groups is 1. The van der Waals surface area contributed by atoms with Gasteiger partial charge in [-0.1, -0.05) is 6.08 Å². The fourth-order valence-electron chi connectivity index (χ4n) is 1.99. The van der Waals surface area contributed by atoms with E-state index in [0.717, 1.165) is 0 Å². The molecule has 0 saturated heterocycles. The summed E-state index contributed by atoms with van der Waals surface area (Å²) < 4.78 is 12.2. The molecule has 1 N–H and O–H groups in total. The number of hydrogen-bond acceptors (Lipinski definition) is 6. The van der Waals surface area contributed by atoms with Crippen molar-refractivity contribution in [2.75, 3.05) is 6.61 Å².